The second-order valence-electron chi connectivity index (χ2n) is 7.65. The van der Waals surface area contributed by atoms with Crippen LogP contribution in [0.5, 0.6) is 0 Å². The van der Waals surface area contributed by atoms with Crippen molar-refractivity contribution in [3.8, 4) is 0 Å². The summed E-state index contributed by atoms with van der Waals surface area (Å²) in [5.74, 6) is 0.118. The van der Waals surface area contributed by atoms with E-state index in [0.717, 1.165) is 18.7 Å². The molecule has 1 saturated heterocycles. The molecule has 1 fully saturated rings. The molecule has 1 heterocycles. The molecule has 2 aromatic carbocycles. The van der Waals surface area contributed by atoms with Gasteiger partial charge in [0.25, 0.3) is 0 Å². The van der Waals surface area contributed by atoms with E-state index in [1.807, 2.05) is 12.1 Å². The van der Waals surface area contributed by atoms with E-state index in [9.17, 15) is 13.2 Å². The molecule has 0 aliphatic carbocycles. The second kappa shape index (κ2) is 8.97. The lowest BCUT2D eigenvalue weighted by Crippen LogP contribution is -2.34. The van der Waals surface area contributed by atoms with E-state index in [0.29, 0.717) is 5.92 Å². The van der Waals surface area contributed by atoms with E-state index < -0.39 is 22.0 Å². The summed E-state index contributed by atoms with van der Waals surface area (Å²) in [4.78, 5) is 14.1. The minimum absolute atomic E-state index is 0.0335. The third-order valence-corrected chi connectivity index (χ3v) is 6.85. The van der Waals surface area contributed by atoms with Crippen LogP contribution < -0.4 is 9.62 Å². The standard InChI is InChI=1S/C22H28N2O4S/c1-16-6-5-13-24(15-16)20-11-9-18(10-12-20)17(2)23-29(26,27)21-8-4-7-19(14-21)22(25)28-3/h4,7-12,14,16-17,23H,5-6,13,15H2,1-3H3/t16-,17+/m0/s1. The molecule has 1 N–H and O–H groups in total. The lowest BCUT2D eigenvalue weighted by Gasteiger charge is -2.33. The van der Waals surface area contributed by atoms with Crippen molar-refractivity contribution < 1.29 is 17.9 Å². The molecular weight excluding hydrogens is 388 g/mol. The molecule has 0 bridgehead atoms. The maximum absolute atomic E-state index is 12.8. The van der Waals surface area contributed by atoms with E-state index in [-0.39, 0.29) is 10.5 Å². The van der Waals surface area contributed by atoms with Gasteiger partial charge in [-0.25, -0.2) is 17.9 Å². The fourth-order valence-corrected chi connectivity index (χ4v) is 4.95. The molecule has 0 unspecified atom stereocenters. The number of esters is 1. The van der Waals surface area contributed by atoms with Crippen molar-refractivity contribution in [1.29, 1.82) is 0 Å². The summed E-state index contributed by atoms with van der Waals surface area (Å²) in [6, 6.07) is 13.5. The highest BCUT2D eigenvalue weighted by Gasteiger charge is 2.21. The Morgan fingerprint density at radius 2 is 1.93 bits per heavy atom. The summed E-state index contributed by atoms with van der Waals surface area (Å²) in [6.45, 7) is 6.19. The first-order chi connectivity index (χ1) is 13.8. The van der Waals surface area contributed by atoms with Gasteiger partial charge in [0, 0.05) is 24.8 Å². The van der Waals surface area contributed by atoms with E-state index >= 15 is 0 Å². The van der Waals surface area contributed by atoms with Crippen molar-refractivity contribution in [1.82, 2.24) is 4.72 Å². The van der Waals surface area contributed by atoms with Gasteiger partial charge in [-0.3, -0.25) is 0 Å². The van der Waals surface area contributed by atoms with E-state index in [4.69, 9.17) is 0 Å². The Morgan fingerprint density at radius 3 is 2.59 bits per heavy atom. The molecule has 0 aromatic heterocycles. The van der Waals surface area contributed by atoms with Crippen LogP contribution in [0.15, 0.2) is 53.4 Å². The highest BCUT2D eigenvalue weighted by atomic mass is 32.2. The molecule has 2 aromatic rings. The molecule has 1 aliphatic rings. The van der Waals surface area contributed by atoms with Crippen LogP contribution in [0, 0.1) is 5.92 Å². The SMILES string of the molecule is COC(=O)c1cccc(S(=O)(=O)N[C@H](C)c2ccc(N3CCC[C@H](C)C3)cc2)c1. The Bertz CT molecular complexity index is 957. The third kappa shape index (κ3) is 5.16. The van der Waals surface area contributed by atoms with Crippen LogP contribution in [-0.4, -0.2) is 34.6 Å². The van der Waals surface area contributed by atoms with Crippen LogP contribution in [0.2, 0.25) is 0 Å². The maximum Gasteiger partial charge on any atom is 0.337 e. The normalized spacial score (nSPS) is 18.3. The third-order valence-electron chi connectivity index (χ3n) is 5.31. The van der Waals surface area contributed by atoms with Crippen LogP contribution in [0.1, 0.15) is 48.7 Å². The highest BCUT2D eigenvalue weighted by Crippen LogP contribution is 2.25. The smallest absolute Gasteiger partial charge is 0.337 e. The Balaban J connectivity index is 1.72. The summed E-state index contributed by atoms with van der Waals surface area (Å²) < 4.78 is 32.9. The summed E-state index contributed by atoms with van der Waals surface area (Å²) in [5, 5.41) is 0. The number of carbonyl (C=O) groups is 1. The molecule has 7 heteroatoms. The number of hydrogen-bond donors (Lipinski definition) is 1. The average Bonchev–Trinajstić information content (AvgIpc) is 2.73. The Kier molecular flexibility index (Phi) is 6.59. The van der Waals surface area contributed by atoms with Crippen LogP contribution in [0.25, 0.3) is 0 Å². The number of anilines is 1. The van der Waals surface area contributed by atoms with Gasteiger partial charge in [-0.05, 0) is 61.6 Å². The van der Waals surface area contributed by atoms with Gasteiger partial charge >= 0.3 is 5.97 Å². The summed E-state index contributed by atoms with van der Waals surface area (Å²) in [7, 11) is -2.52. The Hall–Kier alpha value is -2.38. The fourth-order valence-electron chi connectivity index (χ4n) is 3.67. The molecule has 6 nitrogen and oxygen atoms in total. The number of piperidine rings is 1. The van der Waals surface area contributed by atoms with Crippen molar-refractivity contribution in [2.45, 2.75) is 37.6 Å². The molecule has 2 atom stereocenters. The van der Waals surface area contributed by atoms with E-state index in [1.54, 1.807) is 6.92 Å². The van der Waals surface area contributed by atoms with Gasteiger partial charge < -0.3 is 9.64 Å². The number of nitrogens with one attached hydrogen (secondary N) is 1. The summed E-state index contributed by atoms with van der Waals surface area (Å²) in [5.41, 5.74) is 2.25. The first kappa shape index (κ1) is 21.3. The van der Waals surface area contributed by atoms with Crippen molar-refractivity contribution in [2.75, 3.05) is 25.1 Å². The van der Waals surface area contributed by atoms with E-state index in [1.165, 1.54) is 49.9 Å². The molecule has 0 saturated carbocycles. The monoisotopic (exact) mass is 416 g/mol. The van der Waals surface area contributed by atoms with Crippen LogP contribution >= 0.6 is 0 Å². The Morgan fingerprint density at radius 1 is 1.21 bits per heavy atom. The number of hydrogen-bond acceptors (Lipinski definition) is 5. The number of ether oxygens (including phenoxy) is 1. The number of methoxy groups -OCH3 is 1. The van der Waals surface area contributed by atoms with Gasteiger partial charge in [0.15, 0.2) is 0 Å². The van der Waals surface area contributed by atoms with Gasteiger partial charge in [0.05, 0.1) is 17.6 Å². The maximum atomic E-state index is 12.8. The van der Waals surface area contributed by atoms with Gasteiger partial charge in [-0.2, -0.15) is 0 Å². The van der Waals surface area contributed by atoms with Crippen LogP contribution in [0.4, 0.5) is 5.69 Å². The number of nitrogens with zero attached hydrogens (tertiary/aromatic N) is 1. The van der Waals surface area contributed by atoms with Crippen molar-refractivity contribution >= 4 is 21.7 Å². The van der Waals surface area contributed by atoms with Gasteiger partial charge in [0.1, 0.15) is 0 Å². The molecule has 3 rings (SSSR count). The fraction of sp³-hybridized carbons (Fsp3) is 0.409. The van der Waals surface area contributed by atoms with Gasteiger partial charge in [-0.1, -0.05) is 25.1 Å². The number of benzene rings is 2. The van der Waals surface area contributed by atoms with Crippen molar-refractivity contribution in [2.24, 2.45) is 5.92 Å². The molecule has 0 spiro atoms. The zero-order valence-electron chi connectivity index (χ0n) is 17.1. The summed E-state index contributed by atoms with van der Waals surface area (Å²) >= 11 is 0. The molecule has 0 radical (unpaired) electrons. The average molecular weight is 417 g/mol. The molecule has 1 aliphatic heterocycles. The minimum atomic E-state index is -3.78. The topological polar surface area (TPSA) is 75.7 Å². The Labute approximate surface area is 172 Å². The van der Waals surface area contributed by atoms with Crippen molar-refractivity contribution in [3.05, 3.63) is 59.7 Å². The van der Waals surface area contributed by atoms with Crippen molar-refractivity contribution in [3.63, 3.8) is 0 Å². The zero-order valence-corrected chi connectivity index (χ0v) is 17.9. The quantitative estimate of drug-likeness (QED) is 0.726. The first-order valence-corrected chi connectivity index (χ1v) is 11.3. The van der Waals surface area contributed by atoms with Gasteiger partial charge in [-0.15, -0.1) is 0 Å². The number of sulfonamides is 1. The predicted octanol–water partition coefficient (Wildman–Crippen LogP) is 3.75. The summed E-state index contributed by atoms with van der Waals surface area (Å²) in [6.07, 6.45) is 2.47. The number of rotatable bonds is 6. The molecular formula is C22H28N2O4S. The highest BCUT2D eigenvalue weighted by molar-refractivity contribution is 7.89. The van der Waals surface area contributed by atoms with Crippen LogP contribution in [0.3, 0.4) is 0 Å². The lowest BCUT2D eigenvalue weighted by molar-refractivity contribution is 0.0600. The van der Waals surface area contributed by atoms with Crippen LogP contribution in [-0.2, 0) is 14.8 Å². The first-order valence-electron chi connectivity index (χ1n) is 9.86. The molecule has 156 valence electrons. The molecule has 29 heavy (non-hydrogen) atoms. The zero-order chi connectivity index (χ0) is 21.0. The minimum Gasteiger partial charge on any atom is -0.465 e. The largest absolute Gasteiger partial charge is 0.465 e. The second-order valence-corrected chi connectivity index (χ2v) is 9.36. The van der Waals surface area contributed by atoms with E-state index in [2.05, 4.69) is 33.4 Å². The molecule has 0 amide bonds. The number of carbonyl (C=O) groups excluding carboxylic acids is 1. The lowest BCUT2D eigenvalue weighted by atomic mass is 9.99. The predicted molar refractivity (Wildman–Crippen MR) is 114 cm³/mol. The van der Waals surface area contributed by atoms with Gasteiger partial charge in [0.2, 0.25) is 10.0 Å².